The van der Waals surface area contributed by atoms with Crippen LogP contribution in [0.4, 0.5) is 18.9 Å². The number of aliphatic hydroxyl groups is 1. The number of carbonyl (C=O) groups is 4. The summed E-state index contributed by atoms with van der Waals surface area (Å²) in [6.45, 7) is 1.61. The maximum atomic E-state index is 13.6. The lowest BCUT2D eigenvalue weighted by molar-refractivity contribution is -0.141. The van der Waals surface area contributed by atoms with Crippen LogP contribution in [0.1, 0.15) is 39.5 Å². The van der Waals surface area contributed by atoms with E-state index in [-0.39, 0.29) is 58.1 Å². The van der Waals surface area contributed by atoms with Crippen LogP contribution in [0.2, 0.25) is 5.02 Å². The third-order valence-corrected chi connectivity index (χ3v) is 8.13. The number of carbonyl (C=O) groups excluding carboxylic acids is 3. The molecule has 256 valence electrons. The van der Waals surface area contributed by atoms with Gasteiger partial charge in [-0.05, 0) is 24.6 Å². The number of aromatic nitrogens is 4. The van der Waals surface area contributed by atoms with Crippen LogP contribution >= 0.6 is 11.6 Å². The van der Waals surface area contributed by atoms with Crippen LogP contribution in [0, 0.1) is 11.3 Å². The number of benzene rings is 1. The summed E-state index contributed by atoms with van der Waals surface area (Å²) in [5.74, 6) is -1.35. The topological polar surface area (TPSA) is 199 Å². The number of carboxylic acid groups (broad SMARTS) is 1. The average Bonchev–Trinajstić information content (AvgIpc) is 3.62. The average molecular weight is 694 g/mol. The fourth-order valence-electron chi connectivity index (χ4n) is 5.21. The fraction of sp³-hybridized carbons (Fsp3) is 0.414. The molecule has 2 aliphatic rings. The zero-order valence-corrected chi connectivity index (χ0v) is 26.3. The van der Waals surface area contributed by atoms with Gasteiger partial charge in [-0.15, -0.1) is 0 Å². The zero-order valence-electron chi connectivity index (χ0n) is 25.5. The first-order valence-corrected chi connectivity index (χ1v) is 14.8. The predicted molar refractivity (Wildman–Crippen MR) is 163 cm³/mol. The molecule has 0 saturated carbocycles. The number of nitrogens with zero attached hydrogens (tertiary/aromatic N) is 7. The number of halogens is 4. The van der Waals surface area contributed by atoms with Crippen LogP contribution < -0.4 is 10.6 Å². The summed E-state index contributed by atoms with van der Waals surface area (Å²) in [5, 5.41) is 35.0. The molecule has 2 aliphatic heterocycles. The van der Waals surface area contributed by atoms with Gasteiger partial charge < -0.3 is 35.2 Å². The largest absolute Gasteiger partial charge is 0.483 e. The molecule has 5 rings (SSSR count). The van der Waals surface area contributed by atoms with Gasteiger partial charge in [0.05, 0.1) is 39.7 Å². The van der Waals surface area contributed by atoms with Gasteiger partial charge in [-0.1, -0.05) is 11.6 Å². The van der Waals surface area contributed by atoms with Gasteiger partial charge in [0.1, 0.15) is 6.54 Å². The Kier molecular flexibility index (Phi) is 11.1. The van der Waals surface area contributed by atoms with Crippen LogP contribution in [0.3, 0.4) is 0 Å². The van der Waals surface area contributed by atoms with Crippen molar-refractivity contribution in [1.29, 1.82) is 5.26 Å². The minimum atomic E-state index is -4.80. The first-order chi connectivity index (χ1) is 22.7. The number of alkyl halides is 3. The highest BCUT2D eigenvalue weighted by Gasteiger charge is 2.39. The highest BCUT2D eigenvalue weighted by molar-refractivity contribution is 6.34. The first-order valence-electron chi connectivity index (χ1n) is 14.4. The number of imidazole rings is 1. The molecule has 15 nitrogen and oxygen atoms in total. The lowest BCUT2D eigenvalue weighted by atomic mass is 9.91. The van der Waals surface area contributed by atoms with E-state index in [0.29, 0.717) is 45.7 Å². The molecule has 2 fully saturated rings. The van der Waals surface area contributed by atoms with E-state index in [4.69, 9.17) is 26.8 Å². The molecular weight excluding hydrogens is 663 g/mol. The molecule has 4 heterocycles. The van der Waals surface area contributed by atoms with Crippen LogP contribution in [0.25, 0.3) is 11.3 Å². The monoisotopic (exact) mass is 693 g/mol. The molecule has 2 aromatic heterocycles. The standard InChI is InChI=1S/C28H29ClF3N9O4.CH2O2/c1-38-21(19-14-41(7-6-33)37-23(19)28(30,31)32)13-35-24(38)25(43)36-17-2-3-18(20(29)12-17)26(44)40-10-8-39(9-11-40)22(42)4-5-27(45)15-34-16-27;2-1-3/h2-3,12-14,34,45H,4-5,7-11,15-16H2,1H3,(H,36,43);1H,(H,2,3). The summed E-state index contributed by atoms with van der Waals surface area (Å²) in [7, 11) is 1.37. The number of amides is 3. The quantitative estimate of drug-likeness (QED) is 0.253. The molecule has 1 aromatic carbocycles. The van der Waals surface area contributed by atoms with Crippen LogP contribution in [-0.2, 0) is 29.4 Å². The normalized spacial score (nSPS) is 15.4. The van der Waals surface area contributed by atoms with Crippen LogP contribution in [-0.4, -0.2) is 108 Å². The van der Waals surface area contributed by atoms with E-state index in [2.05, 4.69) is 20.7 Å². The number of hydrogen-bond donors (Lipinski definition) is 4. The van der Waals surface area contributed by atoms with Crippen LogP contribution in [0.15, 0.2) is 30.6 Å². The predicted octanol–water partition coefficient (Wildman–Crippen LogP) is 1.83. The number of nitrogens with one attached hydrogen (secondary N) is 2. The molecule has 0 aliphatic carbocycles. The van der Waals surface area contributed by atoms with Gasteiger partial charge in [-0.25, -0.2) is 4.98 Å². The Balaban J connectivity index is 0.00000167. The third kappa shape index (κ3) is 8.10. The van der Waals surface area contributed by atoms with Gasteiger partial charge in [0, 0.05) is 64.6 Å². The summed E-state index contributed by atoms with van der Waals surface area (Å²) >= 11 is 6.41. The molecule has 0 unspecified atom stereocenters. The van der Waals surface area contributed by atoms with Crippen molar-refractivity contribution in [2.24, 2.45) is 7.05 Å². The number of hydrogen-bond acceptors (Lipinski definition) is 9. The molecular formula is C29H31ClF3N9O6. The summed E-state index contributed by atoms with van der Waals surface area (Å²) in [5.41, 5.74) is -2.00. The van der Waals surface area contributed by atoms with Gasteiger partial charge >= 0.3 is 6.18 Å². The Hall–Kier alpha value is -4.99. The van der Waals surface area contributed by atoms with Crippen molar-refractivity contribution in [3.63, 3.8) is 0 Å². The second kappa shape index (κ2) is 14.8. The van der Waals surface area contributed by atoms with Crippen molar-refractivity contribution in [1.82, 2.24) is 34.4 Å². The van der Waals surface area contributed by atoms with E-state index in [1.807, 2.05) is 0 Å². The number of β-amino-alcohol motifs (C(OH)–C–C–N with tert-alkyl or cyclic N) is 1. The smallest absolute Gasteiger partial charge is 0.435 e. The highest BCUT2D eigenvalue weighted by atomic mass is 35.5. The molecule has 0 spiro atoms. The summed E-state index contributed by atoms with van der Waals surface area (Å²) in [6.07, 6.45) is -2.02. The zero-order chi connectivity index (χ0) is 35.2. The first kappa shape index (κ1) is 35.9. The Morgan fingerprint density at radius 3 is 2.40 bits per heavy atom. The summed E-state index contributed by atoms with van der Waals surface area (Å²) in [4.78, 5) is 54.3. The second-order valence-corrected chi connectivity index (χ2v) is 11.4. The molecule has 0 bridgehead atoms. The number of rotatable bonds is 8. The SMILES string of the molecule is Cn1c(-c2cn(CC#N)nc2C(F)(F)F)cnc1C(=O)Nc1ccc(C(=O)N2CCN(C(=O)CCC3(O)CNC3)CC2)c(Cl)c1.O=CO. The molecule has 3 amide bonds. The molecule has 19 heteroatoms. The Morgan fingerprint density at radius 2 is 1.83 bits per heavy atom. The number of piperazine rings is 1. The summed E-state index contributed by atoms with van der Waals surface area (Å²) < 4.78 is 42.9. The van der Waals surface area contributed by atoms with Crippen molar-refractivity contribution >= 4 is 41.5 Å². The van der Waals surface area contributed by atoms with Crippen molar-refractivity contribution in [3.05, 3.63) is 52.7 Å². The van der Waals surface area contributed by atoms with Gasteiger partial charge in [0.25, 0.3) is 18.3 Å². The molecule has 48 heavy (non-hydrogen) atoms. The maximum Gasteiger partial charge on any atom is 0.435 e. The van der Waals surface area contributed by atoms with Gasteiger partial charge in [0.2, 0.25) is 5.91 Å². The molecule has 3 aromatic rings. The van der Waals surface area contributed by atoms with Crippen molar-refractivity contribution in [2.75, 3.05) is 44.6 Å². The highest BCUT2D eigenvalue weighted by Crippen LogP contribution is 2.36. The second-order valence-electron chi connectivity index (χ2n) is 11.0. The van der Waals surface area contributed by atoms with E-state index < -0.39 is 29.9 Å². The number of anilines is 1. The van der Waals surface area contributed by atoms with Gasteiger partial charge in [0.15, 0.2) is 11.5 Å². The van der Waals surface area contributed by atoms with Crippen molar-refractivity contribution < 1.29 is 42.6 Å². The van der Waals surface area contributed by atoms with Crippen molar-refractivity contribution in [2.45, 2.75) is 31.2 Å². The number of nitriles is 1. The fourth-order valence-corrected chi connectivity index (χ4v) is 5.47. The van der Waals surface area contributed by atoms with Gasteiger partial charge in [-0.2, -0.15) is 23.5 Å². The summed E-state index contributed by atoms with van der Waals surface area (Å²) in [6, 6.07) is 6.03. The molecule has 0 radical (unpaired) electrons. The minimum absolute atomic E-state index is 0.0367. The van der Waals surface area contributed by atoms with Crippen molar-refractivity contribution in [3.8, 4) is 17.3 Å². The van der Waals surface area contributed by atoms with E-state index in [1.165, 1.54) is 29.8 Å². The van der Waals surface area contributed by atoms with E-state index in [0.717, 1.165) is 17.1 Å². The van der Waals surface area contributed by atoms with E-state index in [1.54, 1.807) is 15.9 Å². The molecule has 0 atom stereocenters. The maximum absolute atomic E-state index is 13.6. The van der Waals surface area contributed by atoms with Gasteiger partial charge in [-0.3, -0.25) is 23.9 Å². The van der Waals surface area contributed by atoms with E-state index in [9.17, 15) is 32.7 Å². The Bertz CT molecular complexity index is 1720. The Labute approximate surface area is 276 Å². The van der Waals surface area contributed by atoms with E-state index >= 15 is 0 Å². The lowest BCUT2D eigenvalue weighted by Gasteiger charge is -2.39. The minimum Gasteiger partial charge on any atom is -0.483 e. The lowest BCUT2D eigenvalue weighted by Crippen LogP contribution is -2.59. The molecule has 4 N–H and O–H groups in total. The Morgan fingerprint density at radius 1 is 1.19 bits per heavy atom. The van der Waals surface area contributed by atoms with Crippen LogP contribution in [0.5, 0.6) is 0 Å². The molecule has 2 saturated heterocycles. The third-order valence-electron chi connectivity index (χ3n) is 7.82.